The Balaban J connectivity index is 1.29. The summed E-state index contributed by atoms with van der Waals surface area (Å²) in [5, 5.41) is 0. The van der Waals surface area contributed by atoms with Gasteiger partial charge in [0.05, 0.1) is 29.4 Å². The van der Waals surface area contributed by atoms with Gasteiger partial charge in [-0.25, -0.2) is 4.79 Å². The van der Waals surface area contributed by atoms with Gasteiger partial charge in [0.1, 0.15) is 17.2 Å². The van der Waals surface area contributed by atoms with Crippen LogP contribution in [0.1, 0.15) is 112 Å². The molecule has 0 heterocycles. The van der Waals surface area contributed by atoms with Crippen LogP contribution in [0.3, 0.4) is 0 Å². The highest BCUT2D eigenvalue weighted by molar-refractivity contribution is 8.30. The summed E-state index contributed by atoms with van der Waals surface area (Å²) in [5.41, 5.74) is -0.801. The highest BCUT2D eigenvalue weighted by atomic mass is 32.3. The Labute approximate surface area is 312 Å². The molecule has 4 aromatic rings. The molecule has 0 atom stereocenters. The predicted molar refractivity (Wildman–Crippen MR) is 201 cm³/mol. The van der Waals surface area contributed by atoms with Gasteiger partial charge in [-0.2, -0.15) is 13.2 Å². The van der Waals surface area contributed by atoms with Crippen LogP contribution >= 0.6 is 10.3 Å². The van der Waals surface area contributed by atoms with Crippen LogP contribution in [0.25, 0.3) is 0 Å². The smallest absolute Gasteiger partial charge is 0.416 e. The number of alkyl halides is 3. The van der Waals surface area contributed by atoms with Gasteiger partial charge in [0.2, 0.25) is 0 Å². The van der Waals surface area contributed by atoms with E-state index in [2.05, 4.69) is 0 Å². The summed E-state index contributed by atoms with van der Waals surface area (Å²) < 4.78 is 66.2. The third-order valence-electron chi connectivity index (χ3n) is 10.7. The van der Waals surface area contributed by atoms with Gasteiger partial charge in [0, 0.05) is 14.7 Å². The Hall–Kier alpha value is -4.11. The molecule has 0 unspecified atom stereocenters. The predicted octanol–water partition coefficient (Wildman–Crippen LogP) is 12.9. The monoisotopic (exact) mass is 746 g/mol. The molecule has 0 amide bonds. The summed E-state index contributed by atoms with van der Waals surface area (Å²) in [4.78, 5) is 16.4. The normalized spacial score (nSPS) is 18.2. The van der Waals surface area contributed by atoms with Gasteiger partial charge >= 0.3 is 12.1 Å². The number of benzene rings is 4. The zero-order valence-electron chi connectivity index (χ0n) is 30.2. The number of carbonyl (C=O) groups excluding carboxylic acids is 1. The summed E-state index contributed by atoms with van der Waals surface area (Å²) in [5.74, 6) is 1.52. The van der Waals surface area contributed by atoms with Crippen LogP contribution in [0, 0.1) is 0 Å². The van der Waals surface area contributed by atoms with Crippen molar-refractivity contribution in [2.24, 2.45) is 0 Å². The van der Waals surface area contributed by atoms with Crippen molar-refractivity contribution in [2.75, 3.05) is 0 Å². The van der Waals surface area contributed by atoms with E-state index < -0.39 is 28.0 Å². The van der Waals surface area contributed by atoms with Crippen LogP contribution in [-0.4, -0.2) is 24.3 Å². The summed E-state index contributed by atoms with van der Waals surface area (Å²) >= 11 is 0. The molecule has 0 radical (unpaired) electrons. The maximum atomic E-state index is 14.2. The van der Waals surface area contributed by atoms with E-state index in [9.17, 15) is 18.0 Å². The van der Waals surface area contributed by atoms with Crippen LogP contribution in [0.2, 0.25) is 0 Å². The summed E-state index contributed by atoms with van der Waals surface area (Å²) in [6, 6.07) is 27.5. The minimum Gasteiger partial charge on any atom is -0.490 e. The van der Waals surface area contributed by atoms with E-state index in [0.29, 0.717) is 0 Å². The molecule has 3 fully saturated rings. The topological polar surface area (TPSA) is 54.0 Å². The van der Waals surface area contributed by atoms with Crippen LogP contribution in [0.5, 0.6) is 17.2 Å². The largest absolute Gasteiger partial charge is 0.490 e. The molecule has 5 nitrogen and oxygen atoms in total. The Bertz CT molecular complexity index is 1600. The highest BCUT2D eigenvalue weighted by Gasteiger charge is 2.37. The molecule has 3 aliphatic carbocycles. The quantitative estimate of drug-likeness (QED) is 0.153. The van der Waals surface area contributed by atoms with Gasteiger partial charge < -0.3 is 18.4 Å². The first kappa shape index (κ1) is 37.2. The van der Waals surface area contributed by atoms with Gasteiger partial charge in [-0.05, 0) is 184 Å². The molecule has 0 aromatic heterocycles. The molecule has 53 heavy (non-hydrogen) atoms. The molecule has 0 saturated heterocycles. The minimum absolute atomic E-state index is 0.0293. The summed E-state index contributed by atoms with van der Waals surface area (Å²) in [7, 11) is -2.81. The molecule has 0 N–H and O–H groups in total. The van der Waals surface area contributed by atoms with Crippen molar-refractivity contribution in [3.8, 4) is 17.2 Å². The van der Waals surface area contributed by atoms with Gasteiger partial charge in [0.25, 0.3) is 0 Å². The molecular weight excluding hydrogens is 698 g/mol. The lowest BCUT2D eigenvalue weighted by molar-refractivity contribution is -0.137. The van der Waals surface area contributed by atoms with E-state index in [4.69, 9.17) is 18.4 Å². The van der Waals surface area contributed by atoms with Gasteiger partial charge in [-0.15, -0.1) is 0 Å². The molecule has 0 bridgehead atoms. The second-order valence-electron chi connectivity index (χ2n) is 14.5. The van der Waals surface area contributed by atoms with E-state index >= 15 is 0 Å². The minimum atomic E-state index is -4.53. The Morgan fingerprint density at radius 3 is 1.09 bits per heavy atom. The molecule has 3 aliphatic rings. The number of rotatable bonds is 11. The van der Waals surface area contributed by atoms with Gasteiger partial charge in [0.15, 0.2) is 0 Å². The van der Waals surface area contributed by atoms with Crippen molar-refractivity contribution in [3.05, 3.63) is 108 Å². The number of ether oxygens (including phenoxy) is 3. The van der Waals surface area contributed by atoms with Crippen molar-refractivity contribution in [1.82, 2.24) is 0 Å². The third-order valence-corrected chi connectivity index (χ3v) is 13.9. The van der Waals surface area contributed by atoms with Gasteiger partial charge in [-0.3, -0.25) is 0 Å². The number of hydrogen-bond acceptors (Lipinski definition) is 5. The molecular formula is C44H49F3O5S. The van der Waals surface area contributed by atoms with E-state index in [0.717, 1.165) is 121 Å². The second kappa shape index (κ2) is 16.9. The Morgan fingerprint density at radius 2 is 0.792 bits per heavy atom. The standard InChI is InChI=1S/C44H49F3O5S/c45-44(46,47)33-18-16-32(17-19-33)43(48)52-53(40-26-20-37(21-27-40)49-34-10-4-1-5-11-34,41-28-22-38(23-29-41)50-35-12-6-2-7-13-35)42-30-24-39(25-31-42)51-36-14-8-3-9-15-36/h16-31,34-36H,1-15H2. The lowest BCUT2D eigenvalue weighted by Gasteiger charge is -2.40. The van der Waals surface area contributed by atoms with Crippen LogP contribution in [0.15, 0.2) is 112 Å². The molecule has 282 valence electrons. The first-order valence-corrected chi connectivity index (χ1v) is 20.9. The number of carbonyl (C=O) groups is 1. The van der Waals surface area contributed by atoms with Crippen LogP contribution in [-0.2, 0) is 10.4 Å². The fourth-order valence-electron chi connectivity index (χ4n) is 7.77. The average molecular weight is 747 g/mol. The lowest BCUT2D eigenvalue weighted by Crippen LogP contribution is -2.20. The SMILES string of the molecule is O=C(OS(c1ccc(OC2CCCCC2)cc1)(c1ccc(OC2CCCCC2)cc1)c1ccc(OC2CCCCC2)cc1)c1ccc(C(F)(F)F)cc1. The van der Waals surface area contributed by atoms with E-state index in [1.165, 1.54) is 31.4 Å². The van der Waals surface area contributed by atoms with Crippen LogP contribution in [0.4, 0.5) is 13.2 Å². The zero-order valence-corrected chi connectivity index (χ0v) is 31.0. The third kappa shape index (κ3) is 9.17. The Kier molecular flexibility index (Phi) is 11.9. The molecule has 9 heteroatoms. The first-order chi connectivity index (χ1) is 25.8. The van der Waals surface area contributed by atoms with Crippen molar-refractivity contribution in [1.29, 1.82) is 0 Å². The molecule has 0 aliphatic heterocycles. The molecule has 3 saturated carbocycles. The van der Waals surface area contributed by atoms with Gasteiger partial charge in [-0.1, -0.05) is 19.3 Å². The number of halogens is 3. The zero-order chi connectivity index (χ0) is 36.7. The van der Waals surface area contributed by atoms with E-state index in [1.54, 1.807) is 0 Å². The fraction of sp³-hybridized carbons (Fsp3) is 0.432. The van der Waals surface area contributed by atoms with Crippen molar-refractivity contribution >= 4 is 16.3 Å². The van der Waals surface area contributed by atoms with Crippen molar-refractivity contribution < 1.29 is 36.4 Å². The van der Waals surface area contributed by atoms with Crippen LogP contribution < -0.4 is 14.2 Å². The van der Waals surface area contributed by atoms with E-state index in [1.807, 2.05) is 72.8 Å². The molecule has 7 rings (SSSR count). The highest BCUT2D eigenvalue weighted by Crippen LogP contribution is 2.69. The van der Waals surface area contributed by atoms with E-state index in [-0.39, 0.29) is 23.9 Å². The first-order valence-electron chi connectivity index (χ1n) is 19.3. The summed E-state index contributed by atoms with van der Waals surface area (Å²) in [6.45, 7) is 0. The fourth-order valence-corrected chi connectivity index (χ4v) is 10.8. The Morgan fingerprint density at radius 1 is 0.472 bits per heavy atom. The van der Waals surface area contributed by atoms with Crippen molar-refractivity contribution in [3.63, 3.8) is 0 Å². The number of hydrogen-bond donors (Lipinski definition) is 0. The average Bonchev–Trinajstić information content (AvgIpc) is 3.19. The molecule has 0 spiro atoms. The lowest BCUT2D eigenvalue weighted by atomic mass is 9.98. The maximum Gasteiger partial charge on any atom is 0.416 e. The summed E-state index contributed by atoms with van der Waals surface area (Å²) in [6.07, 6.45) is 12.7. The maximum absolute atomic E-state index is 14.2. The molecule has 4 aromatic carbocycles. The van der Waals surface area contributed by atoms with Crippen molar-refractivity contribution in [2.45, 2.75) is 135 Å². The second-order valence-corrected chi connectivity index (χ2v) is 17.2.